The molecule has 0 saturated heterocycles. The van der Waals surface area contributed by atoms with Crippen LogP contribution in [-0.2, 0) is 24.1 Å². The van der Waals surface area contributed by atoms with Crippen molar-refractivity contribution in [3.8, 4) is 0 Å². The SMILES string of the molecule is C=COCCOOCC12C3C4C1C1C2C3C41C(CCOC=C)OO. The molecule has 6 nitrogen and oxygen atoms in total. The Hall–Kier alpha value is -1.08. The summed E-state index contributed by atoms with van der Waals surface area (Å²) >= 11 is 0. The van der Waals surface area contributed by atoms with Crippen LogP contribution in [0.4, 0.5) is 0 Å². The van der Waals surface area contributed by atoms with Gasteiger partial charge in [-0.3, -0.25) is 5.26 Å². The van der Waals surface area contributed by atoms with Gasteiger partial charge in [-0.05, 0) is 35.5 Å². The smallest absolute Gasteiger partial charge is 0.116 e. The van der Waals surface area contributed by atoms with Gasteiger partial charge in [-0.25, -0.2) is 14.7 Å². The summed E-state index contributed by atoms with van der Waals surface area (Å²) in [5.41, 5.74) is 0.609. The fourth-order valence-corrected chi connectivity index (χ4v) is 7.79. The second-order valence-corrected chi connectivity index (χ2v) is 7.81. The molecule has 0 aromatic heterocycles. The molecule has 0 radical (unpaired) electrons. The maximum absolute atomic E-state index is 9.39. The van der Waals surface area contributed by atoms with Gasteiger partial charge in [0.2, 0.25) is 0 Å². The standard InChI is InChI=1S/C18H24O6/c1-3-20-6-5-10(24-19)18-14-11-15(18)13-16(18)12(14)17(11,13)9-23-22-8-7-21-4-2/h3-4,10-16,19H,1-2,5-9H2. The van der Waals surface area contributed by atoms with Gasteiger partial charge >= 0.3 is 0 Å². The Bertz CT molecular complexity index is 506. The lowest BCUT2D eigenvalue weighted by Gasteiger charge is -3.12. The van der Waals surface area contributed by atoms with Crippen LogP contribution in [0.3, 0.4) is 0 Å². The van der Waals surface area contributed by atoms with E-state index in [0.29, 0.717) is 49.6 Å². The van der Waals surface area contributed by atoms with Crippen LogP contribution in [0.5, 0.6) is 0 Å². The Kier molecular flexibility index (Phi) is 3.15. The molecular formula is C18H24O6. The Morgan fingerprint density at radius 3 is 2.08 bits per heavy atom. The van der Waals surface area contributed by atoms with E-state index in [0.717, 1.165) is 24.2 Å². The van der Waals surface area contributed by atoms with Crippen LogP contribution in [-0.4, -0.2) is 37.8 Å². The minimum atomic E-state index is -0.0901. The lowest BCUT2D eigenvalue weighted by atomic mass is 8.92. The average Bonchev–Trinajstić information content (AvgIpc) is 2.62. The Balaban J connectivity index is 1.13. The highest BCUT2D eigenvalue weighted by molar-refractivity contribution is 5.55. The van der Waals surface area contributed by atoms with Gasteiger partial charge in [0.1, 0.15) is 19.3 Å². The van der Waals surface area contributed by atoms with Crippen molar-refractivity contribution in [2.24, 2.45) is 46.3 Å². The minimum Gasteiger partial charge on any atom is -0.502 e. The summed E-state index contributed by atoms with van der Waals surface area (Å²) in [4.78, 5) is 15.6. The quantitative estimate of drug-likeness (QED) is 0.241. The van der Waals surface area contributed by atoms with Crippen LogP contribution < -0.4 is 0 Å². The lowest BCUT2D eigenvalue weighted by molar-refractivity contribution is -0.682. The van der Waals surface area contributed by atoms with E-state index in [1.165, 1.54) is 12.5 Å². The highest BCUT2D eigenvalue weighted by Crippen LogP contribution is 3.10. The number of rotatable bonds is 13. The van der Waals surface area contributed by atoms with E-state index < -0.39 is 0 Å². The minimum absolute atomic E-state index is 0.0901. The van der Waals surface area contributed by atoms with Crippen molar-refractivity contribution < 1.29 is 29.4 Å². The molecule has 6 rings (SSSR count). The number of hydrogen-bond donors (Lipinski definition) is 1. The van der Waals surface area contributed by atoms with E-state index in [4.69, 9.17) is 24.1 Å². The van der Waals surface area contributed by atoms with Crippen molar-refractivity contribution in [3.05, 3.63) is 25.7 Å². The van der Waals surface area contributed by atoms with E-state index in [1.807, 2.05) is 0 Å². The highest BCUT2D eigenvalue weighted by atomic mass is 17.2. The zero-order valence-corrected chi connectivity index (χ0v) is 13.6. The van der Waals surface area contributed by atoms with Gasteiger partial charge in [0.05, 0.1) is 25.7 Å². The van der Waals surface area contributed by atoms with Crippen molar-refractivity contribution in [2.75, 3.05) is 26.4 Å². The predicted molar refractivity (Wildman–Crippen MR) is 82.1 cm³/mol. The Morgan fingerprint density at radius 1 is 0.875 bits per heavy atom. The fraction of sp³-hybridized carbons (Fsp3) is 0.778. The molecule has 1 unspecified atom stereocenters. The fourth-order valence-electron chi connectivity index (χ4n) is 7.79. The molecule has 0 amide bonds. The molecule has 0 heterocycles. The third-order valence-corrected chi connectivity index (χ3v) is 8.01. The first-order chi connectivity index (χ1) is 11.8. The molecule has 0 aromatic carbocycles. The molecule has 1 N–H and O–H groups in total. The molecule has 6 aliphatic carbocycles. The third kappa shape index (κ3) is 1.27. The van der Waals surface area contributed by atoms with Crippen LogP contribution in [0.2, 0.25) is 0 Å². The van der Waals surface area contributed by atoms with Gasteiger partial charge in [-0.1, -0.05) is 13.2 Å². The molecule has 6 heteroatoms. The molecular weight excluding hydrogens is 312 g/mol. The second kappa shape index (κ2) is 4.97. The molecule has 0 aromatic rings. The predicted octanol–water partition coefficient (Wildman–Crippen LogP) is 2.24. The average molecular weight is 336 g/mol. The third-order valence-electron chi connectivity index (χ3n) is 8.01. The first-order valence-electron chi connectivity index (χ1n) is 8.81. The second-order valence-electron chi connectivity index (χ2n) is 7.81. The molecule has 6 fully saturated rings. The van der Waals surface area contributed by atoms with Crippen LogP contribution in [0.25, 0.3) is 0 Å². The molecule has 6 saturated carbocycles. The molecule has 0 aliphatic heterocycles. The van der Waals surface area contributed by atoms with E-state index in [-0.39, 0.29) is 11.5 Å². The van der Waals surface area contributed by atoms with Gasteiger partial charge in [-0.15, -0.1) is 0 Å². The first-order valence-corrected chi connectivity index (χ1v) is 8.81. The van der Waals surface area contributed by atoms with Crippen molar-refractivity contribution in [1.82, 2.24) is 0 Å². The van der Waals surface area contributed by atoms with Crippen molar-refractivity contribution in [1.29, 1.82) is 0 Å². The topological polar surface area (TPSA) is 66.4 Å². The van der Waals surface area contributed by atoms with Crippen LogP contribution in [0, 0.1) is 46.3 Å². The summed E-state index contributed by atoms with van der Waals surface area (Å²) in [6.45, 7) is 9.17. The normalized spacial score (nSPS) is 50.9. The first kappa shape index (κ1) is 15.2. The molecule has 6 aliphatic rings. The summed E-state index contributed by atoms with van der Waals surface area (Å²) in [6, 6.07) is 0. The maximum atomic E-state index is 9.39. The monoisotopic (exact) mass is 336 g/mol. The van der Waals surface area contributed by atoms with E-state index in [1.54, 1.807) is 0 Å². The van der Waals surface area contributed by atoms with E-state index in [2.05, 4.69) is 13.2 Å². The van der Waals surface area contributed by atoms with Gasteiger partial charge in [-0.2, -0.15) is 0 Å². The van der Waals surface area contributed by atoms with Crippen LogP contribution >= 0.6 is 0 Å². The molecule has 0 spiro atoms. The van der Waals surface area contributed by atoms with Gasteiger partial charge in [0.15, 0.2) is 0 Å². The molecule has 24 heavy (non-hydrogen) atoms. The van der Waals surface area contributed by atoms with Gasteiger partial charge < -0.3 is 9.47 Å². The molecule has 132 valence electrons. The highest BCUT2D eigenvalue weighted by Gasteiger charge is 3.10. The molecule has 1 atom stereocenters. The van der Waals surface area contributed by atoms with Crippen molar-refractivity contribution >= 4 is 0 Å². The van der Waals surface area contributed by atoms with Gasteiger partial charge in [0, 0.05) is 17.3 Å². The zero-order chi connectivity index (χ0) is 16.5. The molecule has 0 bridgehead atoms. The van der Waals surface area contributed by atoms with E-state index in [9.17, 15) is 5.26 Å². The summed E-state index contributed by atoms with van der Waals surface area (Å²) in [6.07, 6.45) is 3.49. The summed E-state index contributed by atoms with van der Waals surface area (Å²) in [7, 11) is 0. The van der Waals surface area contributed by atoms with Crippen LogP contribution in [0.15, 0.2) is 25.7 Å². The number of ether oxygens (including phenoxy) is 2. The summed E-state index contributed by atoms with van der Waals surface area (Å²) < 4.78 is 10.2. The van der Waals surface area contributed by atoms with Crippen LogP contribution in [0.1, 0.15) is 6.42 Å². The maximum Gasteiger partial charge on any atom is 0.116 e. The number of hydrogen-bond acceptors (Lipinski definition) is 6. The van der Waals surface area contributed by atoms with Gasteiger partial charge in [0.25, 0.3) is 0 Å². The Morgan fingerprint density at radius 2 is 1.50 bits per heavy atom. The summed E-state index contributed by atoms with van der Waals surface area (Å²) in [5.74, 6) is 4.40. The largest absolute Gasteiger partial charge is 0.502 e. The zero-order valence-electron chi connectivity index (χ0n) is 13.6. The Labute approximate surface area is 141 Å². The lowest BCUT2D eigenvalue weighted by Crippen LogP contribution is -3.11. The van der Waals surface area contributed by atoms with E-state index >= 15 is 0 Å². The van der Waals surface area contributed by atoms with Crippen molar-refractivity contribution in [2.45, 2.75) is 12.5 Å². The van der Waals surface area contributed by atoms with Crippen molar-refractivity contribution in [3.63, 3.8) is 0 Å². The summed E-state index contributed by atoms with van der Waals surface area (Å²) in [5, 5.41) is 9.39.